The molecule has 0 fully saturated rings. The summed E-state index contributed by atoms with van der Waals surface area (Å²) in [5, 5.41) is 17.7. The number of para-hydroxylation sites is 1. The Morgan fingerprint density at radius 3 is 2.80 bits per heavy atom. The quantitative estimate of drug-likeness (QED) is 0.525. The van der Waals surface area contributed by atoms with Crippen molar-refractivity contribution >= 4 is 5.91 Å². The van der Waals surface area contributed by atoms with E-state index in [9.17, 15) is 9.90 Å². The molecule has 5 rings (SSSR count). The first-order chi connectivity index (χ1) is 14.7. The molecule has 1 amide bonds. The fraction of sp³-hybridized carbons (Fsp3) is 0.130. The lowest BCUT2D eigenvalue weighted by atomic mass is 9.95. The molecule has 0 spiro atoms. The number of H-pyrrole nitrogens is 1. The molecule has 2 N–H and O–H groups in total. The van der Waals surface area contributed by atoms with Crippen molar-refractivity contribution in [3.8, 4) is 22.8 Å². The highest BCUT2D eigenvalue weighted by Gasteiger charge is 2.42. The Morgan fingerprint density at radius 1 is 1.17 bits per heavy atom. The summed E-state index contributed by atoms with van der Waals surface area (Å²) in [7, 11) is 1.61. The standard InChI is InChI=1S/C23H19N3O4/c1-29-15-7-4-6-14(12-15)22-19-20(17-9-2-3-10-18(17)27)24-25-21(19)23(28)26(22)13-16-8-5-11-30-16/h2-12,22,27H,13H2,1H3,(H,24,25). The second-order valence-electron chi connectivity index (χ2n) is 7.07. The minimum atomic E-state index is -0.416. The van der Waals surface area contributed by atoms with Crippen LogP contribution in [0.15, 0.2) is 71.3 Å². The Morgan fingerprint density at radius 2 is 2.03 bits per heavy atom. The first-order valence-corrected chi connectivity index (χ1v) is 9.51. The average Bonchev–Trinajstić information content (AvgIpc) is 3.48. The van der Waals surface area contributed by atoms with Crippen LogP contribution in [-0.2, 0) is 6.54 Å². The molecule has 30 heavy (non-hydrogen) atoms. The van der Waals surface area contributed by atoms with Crippen LogP contribution in [-0.4, -0.2) is 33.2 Å². The van der Waals surface area contributed by atoms with Crippen molar-refractivity contribution in [3.63, 3.8) is 0 Å². The van der Waals surface area contributed by atoms with Gasteiger partial charge in [0, 0.05) is 11.1 Å². The molecule has 7 nitrogen and oxygen atoms in total. The number of aromatic amines is 1. The van der Waals surface area contributed by atoms with Gasteiger partial charge in [0.05, 0.1) is 26.0 Å². The fourth-order valence-corrected chi connectivity index (χ4v) is 3.97. The smallest absolute Gasteiger partial charge is 0.273 e. The summed E-state index contributed by atoms with van der Waals surface area (Å²) in [4.78, 5) is 15.0. The summed E-state index contributed by atoms with van der Waals surface area (Å²) >= 11 is 0. The van der Waals surface area contributed by atoms with E-state index in [1.54, 1.807) is 42.5 Å². The molecule has 0 saturated carbocycles. The van der Waals surface area contributed by atoms with Crippen molar-refractivity contribution in [1.29, 1.82) is 0 Å². The molecule has 0 aliphatic carbocycles. The lowest BCUT2D eigenvalue weighted by Crippen LogP contribution is -2.29. The summed E-state index contributed by atoms with van der Waals surface area (Å²) in [5.41, 5.74) is 3.13. The highest BCUT2D eigenvalue weighted by Crippen LogP contribution is 2.45. The number of rotatable bonds is 5. The van der Waals surface area contributed by atoms with Gasteiger partial charge in [0.25, 0.3) is 5.91 Å². The Hall–Kier alpha value is -4.00. The summed E-state index contributed by atoms with van der Waals surface area (Å²) < 4.78 is 10.9. The summed E-state index contributed by atoms with van der Waals surface area (Å²) in [6.45, 7) is 0.302. The molecule has 2 aromatic carbocycles. The number of hydrogen-bond acceptors (Lipinski definition) is 5. The predicted octanol–water partition coefficient (Wildman–Crippen LogP) is 4.13. The van der Waals surface area contributed by atoms with E-state index in [0.29, 0.717) is 35.0 Å². The van der Waals surface area contributed by atoms with Gasteiger partial charge in [-0.1, -0.05) is 24.3 Å². The minimum absolute atomic E-state index is 0.105. The van der Waals surface area contributed by atoms with Crippen LogP contribution in [0.4, 0.5) is 0 Å². The molecule has 7 heteroatoms. The van der Waals surface area contributed by atoms with Gasteiger partial charge in [-0.15, -0.1) is 0 Å². The van der Waals surface area contributed by atoms with Crippen molar-refractivity contribution in [2.24, 2.45) is 0 Å². The highest BCUT2D eigenvalue weighted by molar-refractivity contribution is 6.00. The van der Waals surface area contributed by atoms with E-state index >= 15 is 0 Å². The number of aromatic hydroxyl groups is 1. The maximum Gasteiger partial charge on any atom is 0.273 e. The van der Waals surface area contributed by atoms with Crippen molar-refractivity contribution in [2.75, 3.05) is 7.11 Å². The number of methoxy groups -OCH3 is 1. The molecule has 3 heterocycles. The molecule has 150 valence electrons. The number of carbonyl (C=O) groups excluding carboxylic acids is 1. The molecule has 0 saturated heterocycles. The number of amides is 1. The van der Waals surface area contributed by atoms with Crippen LogP contribution in [0.25, 0.3) is 11.3 Å². The highest BCUT2D eigenvalue weighted by atomic mass is 16.5. The van der Waals surface area contributed by atoms with E-state index < -0.39 is 6.04 Å². The zero-order valence-electron chi connectivity index (χ0n) is 16.2. The molecule has 0 radical (unpaired) electrons. The number of aromatic nitrogens is 2. The van der Waals surface area contributed by atoms with Gasteiger partial charge in [-0.2, -0.15) is 5.10 Å². The monoisotopic (exact) mass is 401 g/mol. The van der Waals surface area contributed by atoms with E-state index in [2.05, 4.69) is 10.2 Å². The van der Waals surface area contributed by atoms with E-state index in [1.165, 1.54) is 0 Å². The van der Waals surface area contributed by atoms with Crippen LogP contribution in [0.3, 0.4) is 0 Å². The van der Waals surface area contributed by atoms with E-state index in [-0.39, 0.29) is 11.7 Å². The topological polar surface area (TPSA) is 91.6 Å². The van der Waals surface area contributed by atoms with Crippen LogP contribution in [0.2, 0.25) is 0 Å². The zero-order chi connectivity index (χ0) is 20.7. The number of hydrogen-bond donors (Lipinski definition) is 2. The molecule has 2 aromatic heterocycles. The number of fused-ring (bicyclic) bond motifs is 1. The normalized spacial score (nSPS) is 15.4. The van der Waals surface area contributed by atoms with Gasteiger partial charge >= 0.3 is 0 Å². The van der Waals surface area contributed by atoms with Gasteiger partial charge in [0.1, 0.15) is 28.6 Å². The second kappa shape index (κ2) is 7.11. The Labute approximate surface area is 172 Å². The number of ether oxygens (including phenoxy) is 1. The van der Waals surface area contributed by atoms with Gasteiger partial charge in [-0.05, 0) is 42.0 Å². The summed E-state index contributed by atoms with van der Waals surface area (Å²) in [6.07, 6.45) is 1.59. The van der Waals surface area contributed by atoms with E-state index in [1.807, 2.05) is 36.4 Å². The van der Waals surface area contributed by atoms with Crippen molar-refractivity contribution in [1.82, 2.24) is 15.1 Å². The van der Waals surface area contributed by atoms with Crippen LogP contribution in [0.5, 0.6) is 11.5 Å². The van der Waals surface area contributed by atoms with Gasteiger partial charge in [-0.25, -0.2) is 0 Å². The molecular weight excluding hydrogens is 382 g/mol. The fourth-order valence-electron chi connectivity index (χ4n) is 3.97. The van der Waals surface area contributed by atoms with E-state index in [4.69, 9.17) is 9.15 Å². The van der Waals surface area contributed by atoms with Crippen LogP contribution < -0.4 is 4.74 Å². The third-order valence-corrected chi connectivity index (χ3v) is 5.34. The van der Waals surface area contributed by atoms with Gasteiger partial charge in [0.2, 0.25) is 0 Å². The molecule has 0 bridgehead atoms. The Balaban J connectivity index is 1.69. The third kappa shape index (κ3) is 2.83. The third-order valence-electron chi connectivity index (χ3n) is 5.34. The Bertz CT molecular complexity index is 1210. The predicted molar refractivity (Wildman–Crippen MR) is 109 cm³/mol. The average molecular weight is 401 g/mol. The first kappa shape index (κ1) is 18.1. The maximum absolute atomic E-state index is 13.3. The number of phenols is 1. The number of phenolic OH excluding ortho intramolecular Hbond substituents is 1. The number of nitrogens with zero attached hydrogens (tertiary/aromatic N) is 2. The zero-order valence-corrected chi connectivity index (χ0v) is 16.2. The minimum Gasteiger partial charge on any atom is -0.507 e. The maximum atomic E-state index is 13.3. The first-order valence-electron chi connectivity index (χ1n) is 9.51. The van der Waals surface area contributed by atoms with Crippen LogP contribution in [0.1, 0.15) is 33.4 Å². The lowest BCUT2D eigenvalue weighted by Gasteiger charge is -2.26. The number of furan rings is 1. The molecule has 1 unspecified atom stereocenters. The SMILES string of the molecule is COc1cccc(C2c3c(-c4ccccc4O)n[nH]c3C(=O)N2Cc2ccco2)c1. The van der Waals surface area contributed by atoms with Gasteiger partial charge in [0.15, 0.2) is 0 Å². The molecule has 1 aliphatic rings. The molecule has 4 aromatic rings. The van der Waals surface area contributed by atoms with Gasteiger partial charge < -0.3 is 19.2 Å². The van der Waals surface area contributed by atoms with Crippen molar-refractivity contribution in [2.45, 2.75) is 12.6 Å². The number of carbonyl (C=O) groups is 1. The van der Waals surface area contributed by atoms with Crippen LogP contribution >= 0.6 is 0 Å². The lowest BCUT2D eigenvalue weighted by molar-refractivity contribution is 0.0717. The summed E-state index contributed by atoms with van der Waals surface area (Å²) in [6, 6.07) is 17.8. The largest absolute Gasteiger partial charge is 0.507 e. The summed E-state index contributed by atoms with van der Waals surface area (Å²) in [5.74, 6) is 1.30. The van der Waals surface area contributed by atoms with Crippen LogP contribution in [0, 0.1) is 0 Å². The number of nitrogens with one attached hydrogen (secondary N) is 1. The number of benzene rings is 2. The van der Waals surface area contributed by atoms with Crippen molar-refractivity contribution < 1.29 is 19.1 Å². The second-order valence-corrected chi connectivity index (χ2v) is 7.07. The Kier molecular flexibility index (Phi) is 4.28. The molecular formula is C23H19N3O4. The van der Waals surface area contributed by atoms with E-state index in [0.717, 1.165) is 11.1 Å². The molecule has 1 aliphatic heterocycles. The van der Waals surface area contributed by atoms with Gasteiger partial charge in [-0.3, -0.25) is 9.89 Å². The van der Waals surface area contributed by atoms with Crippen molar-refractivity contribution in [3.05, 3.63) is 89.5 Å². The molecule has 1 atom stereocenters.